The number of sulfonamides is 1. The van der Waals surface area contributed by atoms with E-state index in [1.807, 2.05) is 24.3 Å². The van der Waals surface area contributed by atoms with Crippen molar-refractivity contribution in [2.75, 3.05) is 23.7 Å². The second-order valence-corrected chi connectivity index (χ2v) is 10.00. The molecule has 0 spiro atoms. The average molecular weight is 487 g/mol. The third-order valence-electron chi connectivity index (χ3n) is 5.10. The Hall–Kier alpha value is -3.23. The normalized spacial score (nSPS) is 15.0. The first kappa shape index (κ1) is 22.9. The highest BCUT2D eigenvalue weighted by molar-refractivity contribution is 7.92. The van der Waals surface area contributed by atoms with Gasteiger partial charge in [0.15, 0.2) is 11.5 Å². The standard InChI is InChI=1S/C24H23ClN2O5S/c1-33(29,30)27(20-6-4-5-19(25)13-20)15-17-9-11-18(12-10-17)24(28)26-14-21-16-31-22-7-2-3-8-23(22)32-21/h2-13,21H,14-16H2,1H3,(H,26,28)/t21-/m1/s1. The molecule has 0 fully saturated rings. The van der Waals surface area contributed by atoms with E-state index in [4.69, 9.17) is 21.1 Å². The van der Waals surface area contributed by atoms with Gasteiger partial charge in [0, 0.05) is 10.6 Å². The summed E-state index contributed by atoms with van der Waals surface area (Å²) >= 11 is 6.03. The van der Waals surface area contributed by atoms with E-state index in [-0.39, 0.29) is 18.6 Å². The maximum Gasteiger partial charge on any atom is 0.251 e. The van der Waals surface area contributed by atoms with Crippen LogP contribution in [0.25, 0.3) is 0 Å². The summed E-state index contributed by atoms with van der Waals surface area (Å²) in [5.74, 6) is 1.10. The second kappa shape index (κ2) is 9.72. The highest BCUT2D eigenvalue weighted by Crippen LogP contribution is 2.30. The van der Waals surface area contributed by atoms with Gasteiger partial charge in [-0.25, -0.2) is 8.42 Å². The van der Waals surface area contributed by atoms with Crippen LogP contribution in [-0.4, -0.2) is 39.8 Å². The zero-order valence-electron chi connectivity index (χ0n) is 17.9. The molecular formula is C24H23ClN2O5S. The first-order chi connectivity index (χ1) is 15.8. The number of amides is 1. The fourth-order valence-electron chi connectivity index (χ4n) is 3.43. The summed E-state index contributed by atoms with van der Waals surface area (Å²) in [6, 6.07) is 20.8. The SMILES string of the molecule is CS(=O)(=O)N(Cc1ccc(C(=O)NC[C@@H]2COc3ccccc3O2)cc1)c1cccc(Cl)c1. The van der Waals surface area contributed by atoms with E-state index in [0.717, 1.165) is 11.8 Å². The van der Waals surface area contributed by atoms with E-state index in [0.29, 0.717) is 40.9 Å². The number of anilines is 1. The monoisotopic (exact) mass is 486 g/mol. The average Bonchev–Trinajstić information content (AvgIpc) is 2.80. The zero-order chi connectivity index (χ0) is 23.4. The summed E-state index contributed by atoms with van der Waals surface area (Å²) < 4.78 is 37.4. The van der Waals surface area contributed by atoms with Crippen LogP contribution < -0.4 is 19.1 Å². The molecular weight excluding hydrogens is 464 g/mol. The fraction of sp³-hybridized carbons (Fsp3) is 0.208. The number of carbonyl (C=O) groups excluding carboxylic acids is 1. The van der Waals surface area contributed by atoms with Crippen LogP contribution in [-0.2, 0) is 16.6 Å². The molecule has 0 unspecified atom stereocenters. The molecule has 3 aromatic carbocycles. The van der Waals surface area contributed by atoms with E-state index >= 15 is 0 Å². The Morgan fingerprint density at radius 2 is 1.79 bits per heavy atom. The lowest BCUT2D eigenvalue weighted by Gasteiger charge is -2.26. The predicted molar refractivity (Wildman–Crippen MR) is 128 cm³/mol. The number of hydrogen-bond donors (Lipinski definition) is 1. The molecule has 33 heavy (non-hydrogen) atoms. The lowest BCUT2D eigenvalue weighted by molar-refractivity contribution is 0.0789. The summed E-state index contributed by atoms with van der Waals surface area (Å²) in [4.78, 5) is 12.6. The molecule has 0 radical (unpaired) electrons. The molecule has 1 aliphatic rings. The number of benzene rings is 3. The van der Waals surface area contributed by atoms with Gasteiger partial charge in [0.05, 0.1) is 25.0 Å². The third kappa shape index (κ3) is 5.77. The minimum atomic E-state index is -3.53. The molecule has 0 bridgehead atoms. The highest BCUT2D eigenvalue weighted by atomic mass is 35.5. The number of halogens is 1. The topological polar surface area (TPSA) is 84.9 Å². The van der Waals surface area contributed by atoms with Crippen LogP contribution >= 0.6 is 11.6 Å². The van der Waals surface area contributed by atoms with Crippen LogP contribution in [0.15, 0.2) is 72.8 Å². The Morgan fingerprint density at radius 1 is 1.06 bits per heavy atom. The van der Waals surface area contributed by atoms with E-state index in [9.17, 15) is 13.2 Å². The summed E-state index contributed by atoms with van der Waals surface area (Å²) in [5.41, 5.74) is 1.67. The number of rotatable bonds is 7. The molecule has 0 saturated heterocycles. The Morgan fingerprint density at radius 3 is 2.48 bits per heavy atom. The van der Waals surface area contributed by atoms with Crippen molar-refractivity contribution in [2.24, 2.45) is 0 Å². The lowest BCUT2D eigenvalue weighted by Crippen LogP contribution is -2.40. The molecule has 1 aliphatic heterocycles. The van der Waals surface area contributed by atoms with Crippen LogP contribution in [0.3, 0.4) is 0 Å². The quantitative estimate of drug-likeness (QED) is 0.548. The van der Waals surface area contributed by atoms with E-state index in [2.05, 4.69) is 5.32 Å². The van der Waals surface area contributed by atoms with Gasteiger partial charge in [0.1, 0.15) is 12.7 Å². The maximum atomic E-state index is 12.6. The van der Waals surface area contributed by atoms with Crippen LogP contribution in [0.2, 0.25) is 5.02 Å². The molecule has 0 saturated carbocycles. The molecule has 1 atom stereocenters. The molecule has 172 valence electrons. The number of para-hydroxylation sites is 2. The Labute approximate surface area is 197 Å². The van der Waals surface area contributed by atoms with Crippen molar-refractivity contribution in [3.8, 4) is 11.5 Å². The fourth-order valence-corrected chi connectivity index (χ4v) is 4.50. The molecule has 0 aliphatic carbocycles. The van der Waals surface area contributed by atoms with Crippen molar-refractivity contribution >= 4 is 33.2 Å². The van der Waals surface area contributed by atoms with Gasteiger partial charge in [0.2, 0.25) is 10.0 Å². The summed E-state index contributed by atoms with van der Waals surface area (Å²) in [7, 11) is -3.53. The van der Waals surface area contributed by atoms with Crippen LogP contribution in [0.1, 0.15) is 15.9 Å². The van der Waals surface area contributed by atoms with Gasteiger partial charge in [-0.2, -0.15) is 0 Å². The largest absolute Gasteiger partial charge is 0.486 e. The third-order valence-corrected chi connectivity index (χ3v) is 6.47. The minimum Gasteiger partial charge on any atom is -0.486 e. The number of fused-ring (bicyclic) bond motifs is 1. The molecule has 1 N–H and O–H groups in total. The van der Waals surface area contributed by atoms with Crippen molar-refractivity contribution in [3.63, 3.8) is 0 Å². The van der Waals surface area contributed by atoms with Gasteiger partial charge in [0.25, 0.3) is 5.91 Å². The van der Waals surface area contributed by atoms with Gasteiger partial charge in [-0.15, -0.1) is 0 Å². The molecule has 1 heterocycles. The summed E-state index contributed by atoms with van der Waals surface area (Å²) in [6.07, 6.45) is 0.856. The van der Waals surface area contributed by atoms with Crippen LogP contribution in [0.4, 0.5) is 5.69 Å². The first-order valence-corrected chi connectivity index (χ1v) is 12.5. The van der Waals surface area contributed by atoms with E-state index < -0.39 is 10.0 Å². The van der Waals surface area contributed by atoms with E-state index in [1.54, 1.807) is 48.5 Å². The Kier molecular flexibility index (Phi) is 6.76. The van der Waals surface area contributed by atoms with Crippen LogP contribution in [0, 0.1) is 0 Å². The molecule has 0 aromatic heterocycles. The summed E-state index contributed by atoms with van der Waals surface area (Å²) in [6.45, 7) is 0.764. The van der Waals surface area contributed by atoms with Gasteiger partial charge < -0.3 is 14.8 Å². The van der Waals surface area contributed by atoms with Crippen molar-refractivity contribution in [2.45, 2.75) is 12.6 Å². The van der Waals surface area contributed by atoms with Gasteiger partial charge in [-0.3, -0.25) is 9.10 Å². The zero-order valence-corrected chi connectivity index (χ0v) is 19.5. The first-order valence-electron chi connectivity index (χ1n) is 10.3. The maximum absolute atomic E-state index is 12.6. The Bertz CT molecular complexity index is 1250. The number of hydrogen-bond acceptors (Lipinski definition) is 5. The van der Waals surface area contributed by atoms with Crippen molar-refractivity contribution < 1.29 is 22.7 Å². The van der Waals surface area contributed by atoms with Crippen molar-refractivity contribution in [3.05, 3.63) is 88.9 Å². The van der Waals surface area contributed by atoms with Gasteiger partial charge >= 0.3 is 0 Å². The molecule has 3 aromatic rings. The van der Waals surface area contributed by atoms with Crippen molar-refractivity contribution in [1.29, 1.82) is 0 Å². The van der Waals surface area contributed by atoms with Gasteiger partial charge in [-0.1, -0.05) is 41.9 Å². The number of carbonyl (C=O) groups is 1. The lowest BCUT2D eigenvalue weighted by atomic mass is 10.1. The molecule has 7 nitrogen and oxygen atoms in total. The number of nitrogens with zero attached hydrogens (tertiary/aromatic N) is 1. The van der Waals surface area contributed by atoms with E-state index in [1.165, 1.54) is 4.31 Å². The van der Waals surface area contributed by atoms with Crippen LogP contribution in [0.5, 0.6) is 11.5 Å². The second-order valence-electron chi connectivity index (χ2n) is 7.65. The Balaban J connectivity index is 1.38. The molecule has 9 heteroatoms. The number of nitrogens with one attached hydrogen (secondary N) is 1. The summed E-state index contributed by atoms with van der Waals surface area (Å²) in [5, 5.41) is 3.30. The molecule has 1 amide bonds. The van der Waals surface area contributed by atoms with Gasteiger partial charge in [-0.05, 0) is 48.0 Å². The smallest absolute Gasteiger partial charge is 0.251 e. The minimum absolute atomic E-state index is 0.119. The predicted octanol–water partition coefficient (Wildman–Crippen LogP) is 3.88. The number of ether oxygens (including phenoxy) is 2. The van der Waals surface area contributed by atoms with Crippen molar-refractivity contribution in [1.82, 2.24) is 5.32 Å². The molecule has 4 rings (SSSR count). The highest BCUT2D eigenvalue weighted by Gasteiger charge is 2.22.